The molecule has 0 amide bonds. The maximum absolute atomic E-state index is 15.4. The Morgan fingerprint density at radius 1 is 0.346 bits per heavy atom. The first-order valence-electron chi connectivity index (χ1n) is 25.4. The highest BCUT2D eigenvalue weighted by molar-refractivity contribution is 7.20. The zero-order valence-corrected chi connectivity index (χ0v) is 42.7. The fourth-order valence-corrected chi connectivity index (χ4v) is 9.36. The fraction of sp³-hybridized carbons (Fsp3) is 0.339. The number of esters is 1. The summed E-state index contributed by atoms with van der Waals surface area (Å²) < 4.78 is 301. The van der Waals surface area contributed by atoms with Gasteiger partial charge in [0.2, 0.25) is 12.3 Å². The highest BCUT2D eigenvalue weighted by atomic mass is 19.2. The van der Waals surface area contributed by atoms with E-state index >= 15 is 35.1 Å². The van der Waals surface area contributed by atoms with Crippen LogP contribution in [0.3, 0.4) is 0 Å². The molecule has 0 saturated heterocycles. The van der Waals surface area contributed by atoms with Gasteiger partial charge < -0.3 is 4.74 Å². The lowest BCUT2D eigenvalue weighted by Gasteiger charge is -2.44. The van der Waals surface area contributed by atoms with Crippen molar-refractivity contribution in [3.8, 4) is 0 Å². The normalized spacial score (nSPS) is 11.5. The molecule has 6 rings (SSSR count). The summed E-state index contributed by atoms with van der Waals surface area (Å²) in [6.07, 6.45) is 17.7. The van der Waals surface area contributed by atoms with Gasteiger partial charge in [-0.3, -0.25) is 4.79 Å². The zero-order chi connectivity index (χ0) is 60.0. The fourth-order valence-electron chi connectivity index (χ4n) is 9.36. The van der Waals surface area contributed by atoms with Crippen LogP contribution in [-0.4, -0.2) is 24.5 Å². The lowest BCUT2D eigenvalue weighted by molar-refractivity contribution is -0.683. The number of carbonyl (C=O) groups excluding carboxylic acids is 2. The van der Waals surface area contributed by atoms with Crippen LogP contribution in [0.2, 0.25) is 0 Å². The smallest absolute Gasteiger partial charge is 0.338 e. The number of aromatic nitrogens is 1. The van der Waals surface area contributed by atoms with Gasteiger partial charge in [0.1, 0.15) is 52.7 Å². The summed E-state index contributed by atoms with van der Waals surface area (Å²) in [5.41, 5.74) is -13.2. The van der Waals surface area contributed by atoms with Crippen molar-refractivity contribution < 1.29 is 107 Å². The molecule has 25 heteroatoms. The number of rotatable bonds is 25. The molecule has 1 heterocycles. The topological polar surface area (TPSA) is 47.3 Å². The third-order valence-electron chi connectivity index (χ3n) is 13.5. The summed E-state index contributed by atoms with van der Waals surface area (Å²) in [5.74, 6) is -71.7. The second-order valence-corrected chi connectivity index (χ2v) is 18.8. The van der Waals surface area contributed by atoms with Crippen LogP contribution in [0.1, 0.15) is 130 Å². The molecule has 0 fully saturated rings. The van der Waals surface area contributed by atoms with Gasteiger partial charge >= 0.3 is 5.97 Å². The quantitative estimate of drug-likeness (QED) is 0.00839. The van der Waals surface area contributed by atoms with Gasteiger partial charge in [0, 0.05) is 17.7 Å². The van der Waals surface area contributed by atoms with E-state index in [-0.39, 0.29) is 18.3 Å². The molecule has 4 nitrogen and oxygen atoms in total. The molecule has 0 N–H and O–H groups in total. The van der Waals surface area contributed by atoms with Crippen molar-refractivity contribution in [2.45, 2.75) is 116 Å². The average Bonchev–Trinajstić information content (AvgIpc) is 2.24. The first kappa shape index (κ1) is 64.9. The number of Topliss-reactive ketones (excluding diaryl/α,β-unsaturated/α-hetero) is 1. The summed E-state index contributed by atoms with van der Waals surface area (Å²) in [7, 11) is 0. The molecule has 0 aliphatic heterocycles. The molecule has 81 heavy (non-hydrogen) atoms. The van der Waals surface area contributed by atoms with Crippen LogP contribution in [0.5, 0.6) is 0 Å². The Morgan fingerprint density at radius 3 is 0.877 bits per heavy atom. The van der Waals surface area contributed by atoms with Crippen molar-refractivity contribution in [3.05, 3.63) is 182 Å². The van der Waals surface area contributed by atoms with E-state index in [1.807, 2.05) is 35.2 Å². The summed E-state index contributed by atoms with van der Waals surface area (Å²) in [5, 5.41) is 0. The number of ether oxygens (including phenoxy) is 1. The second-order valence-electron chi connectivity index (χ2n) is 18.8. The number of benzene rings is 5. The second kappa shape index (κ2) is 29.2. The molecular weight excluding hydrogens is 1130 g/mol. The molecule has 0 saturated carbocycles. The first-order valence-corrected chi connectivity index (χ1v) is 25.4. The molecular formula is C56H48BF20NO3. The van der Waals surface area contributed by atoms with Crippen LogP contribution in [-0.2, 0) is 11.3 Å². The van der Waals surface area contributed by atoms with Crippen molar-refractivity contribution in [1.29, 1.82) is 0 Å². The number of ketones is 1. The third kappa shape index (κ3) is 14.0. The van der Waals surface area contributed by atoms with Gasteiger partial charge in [-0.1, -0.05) is 121 Å². The molecule has 0 atom stereocenters. The van der Waals surface area contributed by atoms with Gasteiger partial charge in [0.15, 0.2) is 82.2 Å². The number of hydrogen-bond donors (Lipinski definition) is 0. The number of hydrogen-bond acceptors (Lipinski definition) is 3. The van der Waals surface area contributed by atoms with E-state index in [2.05, 4.69) is 6.92 Å². The van der Waals surface area contributed by atoms with E-state index in [4.69, 9.17) is 4.74 Å². The zero-order valence-electron chi connectivity index (χ0n) is 42.7. The minimum absolute atomic E-state index is 0.0132. The van der Waals surface area contributed by atoms with Crippen molar-refractivity contribution in [3.63, 3.8) is 0 Å². The lowest BCUT2D eigenvalue weighted by Crippen LogP contribution is -2.81. The minimum Gasteiger partial charge on any atom is -0.462 e. The SMILES string of the molecule is CCCCCCCCCCCCCCCCCCOC(=O)c1ccc(C(=O)C[n+]2ccccc2)cc1.Fc1c(F)c(F)c([B-](c2c(F)c(F)c(F)c(F)c2F)(c2c(F)c(F)c(F)c(F)c2F)c2c(F)c(F)c(F)c(F)c2F)c(F)c1F. The van der Waals surface area contributed by atoms with Crippen LogP contribution in [0.4, 0.5) is 87.8 Å². The highest BCUT2D eigenvalue weighted by Crippen LogP contribution is 2.31. The molecule has 0 radical (unpaired) electrons. The van der Waals surface area contributed by atoms with Crippen LogP contribution in [0.25, 0.3) is 0 Å². The monoisotopic (exact) mass is 1170 g/mol. The Kier molecular flexibility index (Phi) is 23.4. The molecule has 0 unspecified atom stereocenters. The summed E-state index contributed by atoms with van der Waals surface area (Å²) in [6.45, 7) is 3.02. The van der Waals surface area contributed by atoms with Gasteiger partial charge in [-0.05, 0) is 18.6 Å². The molecule has 5 aromatic carbocycles. The molecule has 438 valence electrons. The number of unbranched alkanes of at least 4 members (excludes halogenated alkanes) is 15. The van der Waals surface area contributed by atoms with Gasteiger partial charge in [0.05, 0.1) is 12.2 Å². The summed E-state index contributed by atoms with van der Waals surface area (Å²) in [6, 6.07) is 12.5. The van der Waals surface area contributed by atoms with Crippen LogP contribution < -0.4 is 26.4 Å². The summed E-state index contributed by atoms with van der Waals surface area (Å²) >= 11 is 0. The maximum atomic E-state index is 15.4. The lowest BCUT2D eigenvalue weighted by atomic mass is 9.12. The Balaban J connectivity index is 0.000000305. The van der Waals surface area contributed by atoms with Crippen LogP contribution in [0, 0.1) is 116 Å². The van der Waals surface area contributed by atoms with Crippen LogP contribution in [0.15, 0.2) is 54.9 Å². The average molecular weight is 1170 g/mol. The Bertz CT molecular complexity index is 2820. The molecule has 0 spiro atoms. The highest BCUT2D eigenvalue weighted by Gasteiger charge is 2.52. The van der Waals surface area contributed by atoms with Gasteiger partial charge in [-0.15, -0.1) is 21.9 Å². The van der Waals surface area contributed by atoms with E-state index in [1.165, 1.54) is 89.9 Å². The Labute approximate surface area is 450 Å². The third-order valence-corrected chi connectivity index (χ3v) is 13.5. The van der Waals surface area contributed by atoms with Crippen molar-refractivity contribution in [1.82, 2.24) is 0 Å². The van der Waals surface area contributed by atoms with E-state index < -0.39 is 144 Å². The summed E-state index contributed by atoms with van der Waals surface area (Å²) in [4.78, 5) is 24.7. The molecule has 1 aromatic heterocycles. The number of halogens is 20. The Hall–Kier alpha value is -6.95. The minimum atomic E-state index is -7.22. The van der Waals surface area contributed by atoms with Gasteiger partial charge in [0.25, 0.3) is 0 Å². The predicted molar refractivity (Wildman–Crippen MR) is 256 cm³/mol. The first-order chi connectivity index (χ1) is 38.4. The predicted octanol–water partition coefficient (Wildman–Crippen LogP) is 14.1. The van der Waals surface area contributed by atoms with E-state index in [0.29, 0.717) is 17.7 Å². The molecule has 0 aliphatic rings. The number of nitrogens with zero attached hydrogens (tertiary/aromatic N) is 1. The molecule has 0 aliphatic carbocycles. The van der Waals surface area contributed by atoms with Crippen molar-refractivity contribution >= 4 is 39.7 Å². The van der Waals surface area contributed by atoms with E-state index in [0.717, 1.165) is 12.8 Å². The van der Waals surface area contributed by atoms with Gasteiger partial charge in [-0.2, -0.15) is 4.57 Å². The van der Waals surface area contributed by atoms with E-state index in [1.54, 1.807) is 24.3 Å². The van der Waals surface area contributed by atoms with Gasteiger partial charge in [-0.25, -0.2) is 92.6 Å². The largest absolute Gasteiger partial charge is 0.462 e. The van der Waals surface area contributed by atoms with Crippen molar-refractivity contribution in [2.75, 3.05) is 6.61 Å². The van der Waals surface area contributed by atoms with E-state index in [9.17, 15) is 62.3 Å². The van der Waals surface area contributed by atoms with Crippen molar-refractivity contribution in [2.24, 2.45) is 0 Å². The maximum Gasteiger partial charge on any atom is 0.338 e. The Morgan fingerprint density at radius 2 is 0.593 bits per heavy atom. The number of carbonyl (C=O) groups is 2. The molecule has 0 bridgehead atoms. The number of pyridine rings is 1. The standard InChI is InChI=1S/C32H48NO3.C24BF20/c1-2-3-4-5-6-7-8-9-10-11-12-13-14-15-16-20-27-36-32(35)30-23-21-29(22-24-30)31(34)28-33-25-18-17-19-26-33;26-5-1(6(27)14(35)21(42)13(5)34)25(2-7(28)15(36)22(43)16(37)8(2)29,3-9(30)17(38)23(44)18(39)10(3)31)4-11(32)19(40)24(45)20(41)12(4)33/h17-19,21-26H,2-16,20,27-28H2,1H3;/q+1;-1. The van der Waals surface area contributed by atoms with Crippen LogP contribution >= 0.6 is 0 Å². The molecule has 6 aromatic rings.